The lowest BCUT2D eigenvalue weighted by molar-refractivity contribution is 0.0165. The Labute approximate surface area is 104 Å². The summed E-state index contributed by atoms with van der Waals surface area (Å²) < 4.78 is 5.35. The minimum absolute atomic E-state index is 0.365. The van der Waals surface area contributed by atoms with Gasteiger partial charge in [-0.1, -0.05) is 26.7 Å². The van der Waals surface area contributed by atoms with Crippen molar-refractivity contribution in [1.82, 2.24) is 5.32 Å². The summed E-state index contributed by atoms with van der Waals surface area (Å²) >= 11 is 0. The van der Waals surface area contributed by atoms with Crippen LogP contribution in [0.3, 0.4) is 0 Å². The zero-order valence-corrected chi connectivity index (χ0v) is 11.1. The highest BCUT2D eigenvalue weighted by atomic mass is 16.5. The molecular formula is C13H27NO3. The first kappa shape index (κ1) is 14.9. The molecule has 1 aliphatic rings. The van der Waals surface area contributed by atoms with Gasteiger partial charge in [-0.3, -0.25) is 0 Å². The maximum atomic E-state index is 10.1. The van der Waals surface area contributed by atoms with Crippen molar-refractivity contribution in [3.63, 3.8) is 0 Å². The van der Waals surface area contributed by atoms with E-state index in [4.69, 9.17) is 4.74 Å². The van der Waals surface area contributed by atoms with Gasteiger partial charge in [-0.25, -0.2) is 0 Å². The molecular weight excluding hydrogens is 218 g/mol. The monoisotopic (exact) mass is 245 g/mol. The number of aliphatic hydroxyl groups excluding tert-OH is 1. The Morgan fingerprint density at radius 1 is 1.24 bits per heavy atom. The smallest absolute Gasteiger partial charge is 0.0897 e. The highest BCUT2D eigenvalue weighted by Crippen LogP contribution is 2.28. The first-order chi connectivity index (χ1) is 8.02. The van der Waals surface area contributed by atoms with Gasteiger partial charge in [0, 0.05) is 19.7 Å². The van der Waals surface area contributed by atoms with Crippen molar-refractivity contribution in [3.8, 4) is 0 Å². The van der Waals surface area contributed by atoms with Gasteiger partial charge >= 0.3 is 0 Å². The molecule has 1 rings (SSSR count). The highest BCUT2D eigenvalue weighted by Gasteiger charge is 2.30. The maximum absolute atomic E-state index is 10.1. The lowest BCUT2D eigenvalue weighted by Crippen LogP contribution is -2.41. The van der Waals surface area contributed by atoms with Crippen LogP contribution in [0.4, 0.5) is 0 Å². The van der Waals surface area contributed by atoms with Gasteiger partial charge in [0.05, 0.1) is 18.3 Å². The van der Waals surface area contributed by atoms with Crippen LogP contribution in [0.2, 0.25) is 0 Å². The molecule has 0 radical (unpaired) electrons. The van der Waals surface area contributed by atoms with E-state index in [1.807, 2.05) is 0 Å². The van der Waals surface area contributed by atoms with Crippen molar-refractivity contribution in [2.75, 3.05) is 26.3 Å². The molecule has 102 valence electrons. The lowest BCUT2D eigenvalue weighted by atomic mass is 10.0. The van der Waals surface area contributed by atoms with Gasteiger partial charge in [-0.15, -0.1) is 0 Å². The molecule has 0 spiro atoms. The molecule has 4 heteroatoms. The number of nitrogens with one attached hydrogen (secondary N) is 1. The quantitative estimate of drug-likeness (QED) is 0.595. The van der Waals surface area contributed by atoms with E-state index in [0.717, 1.165) is 25.7 Å². The first-order valence-electron chi connectivity index (χ1n) is 6.71. The molecule has 17 heavy (non-hydrogen) atoms. The number of ether oxygens (including phenoxy) is 1. The van der Waals surface area contributed by atoms with E-state index in [9.17, 15) is 10.2 Å². The summed E-state index contributed by atoms with van der Waals surface area (Å²) in [7, 11) is 0. The van der Waals surface area contributed by atoms with Crippen LogP contribution >= 0.6 is 0 Å². The Kier molecular flexibility index (Phi) is 6.41. The summed E-state index contributed by atoms with van der Waals surface area (Å²) in [5.74, 6) is 0.495. The second kappa shape index (κ2) is 7.31. The molecule has 1 saturated carbocycles. The van der Waals surface area contributed by atoms with Crippen LogP contribution in [0, 0.1) is 5.92 Å². The van der Waals surface area contributed by atoms with Gasteiger partial charge < -0.3 is 20.3 Å². The SMILES string of the molecule is CC(C)COCC(O)CNCC1(O)CCCC1. The number of hydrogen-bond acceptors (Lipinski definition) is 4. The van der Waals surface area contributed by atoms with E-state index >= 15 is 0 Å². The van der Waals surface area contributed by atoms with Crippen molar-refractivity contribution < 1.29 is 14.9 Å². The third-order valence-corrected chi connectivity index (χ3v) is 3.13. The standard InChI is InChI=1S/C13H27NO3/c1-11(2)8-17-9-12(15)7-14-10-13(16)5-3-4-6-13/h11-12,14-16H,3-10H2,1-2H3. The van der Waals surface area contributed by atoms with Gasteiger partial charge in [-0.2, -0.15) is 0 Å². The van der Waals surface area contributed by atoms with Gasteiger partial charge in [0.2, 0.25) is 0 Å². The Morgan fingerprint density at radius 2 is 1.88 bits per heavy atom. The largest absolute Gasteiger partial charge is 0.389 e. The molecule has 0 aromatic carbocycles. The molecule has 1 aliphatic carbocycles. The predicted molar refractivity (Wildman–Crippen MR) is 68.0 cm³/mol. The van der Waals surface area contributed by atoms with E-state index in [-0.39, 0.29) is 0 Å². The maximum Gasteiger partial charge on any atom is 0.0897 e. The van der Waals surface area contributed by atoms with Gasteiger partial charge in [0.1, 0.15) is 0 Å². The molecule has 0 heterocycles. The predicted octanol–water partition coefficient (Wildman–Crippen LogP) is 0.915. The minimum Gasteiger partial charge on any atom is -0.389 e. The second-order valence-electron chi connectivity index (χ2n) is 5.65. The van der Waals surface area contributed by atoms with Crippen molar-refractivity contribution in [3.05, 3.63) is 0 Å². The van der Waals surface area contributed by atoms with Crippen LogP contribution in [0.25, 0.3) is 0 Å². The van der Waals surface area contributed by atoms with E-state index in [1.165, 1.54) is 0 Å². The Balaban J connectivity index is 2.01. The molecule has 1 unspecified atom stereocenters. The van der Waals surface area contributed by atoms with Gasteiger partial charge in [0.25, 0.3) is 0 Å². The lowest BCUT2D eigenvalue weighted by Gasteiger charge is -2.23. The fourth-order valence-electron chi connectivity index (χ4n) is 2.18. The number of rotatable bonds is 8. The number of aliphatic hydroxyl groups is 2. The molecule has 0 aliphatic heterocycles. The normalized spacial score (nSPS) is 21.0. The summed E-state index contributed by atoms with van der Waals surface area (Å²) in [6, 6.07) is 0. The summed E-state index contributed by atoms with van der Waals surface area (Å²) in [5, 5.41) is 22.9. The van der Waals surface area contributed by atoms with E-state index in [0.29, 0.717) is 32.2 Å². The molecule has 0 bridgehead atoms. The van der Waals surface area contributed by atoms with E-state index < -0.39 is 11.7 Å². The van der Waals surface area contributed by atoms with Crippen molar-refractivity contribution >= 4 is 0 Å². The molecule has 1 fully saturated rings. The Hall–Kier alpha value is -0.160. The molecule has 4 nitrogen and oxygen atoms in total. The third-order valence-electron chi connectivity index (χ3n) is 3.13. The molecule has 3 N–H and O–H groups in total. The Bertz CT molecular complexity index is 203. The van der Waals surface area contributed by atoms with Crippen LogP contribution in [0.1, 0.15) is 39.5 Å². The van der Waals surface area contributed by atoms with E-state index in [2.05, 4.69) is 19.2 Å². The van der Waals surface area contributed by atoms with Crippen LogP contribution in [-0.2, 0) is 4.74 Å². The highest BCUT2D eigenvalue weighted by molar-refractivity contribution is 4.86. The zero-order chi connectivity index (χ0) is 12.7. The van der Waals surface area contributed by atoms with E-state index in [1.54, 1.807) is 0 Å². The average Bonchev–Trinajstić information content (AvgIpc) is 2.65. The van der Waals surface area contributed by atoms with Crippen LogP contribution < -0.4 is 5.32 Å². The number of hydrogen-bond donors (Lipinski definition) is 3. The van der Waals surface area contributed by atoms with Crippen molar-refractivity contribution in [1.29, 1.82) is 0 Å². The molecule has 1 atom stereocenters. The van der Waals surface area contributed by atoms with Gasteiger partial charge in [-0.05, 0) is 18.8 Å². The van der Waals surface area contributed by atoms with Crippen molar-refractivity contribution in [2.45, 2.75) is 51.2 Å². The van der Waals surface area contributed by atoms with Crippen molar-refractivity contribution in [2.24, 2.45) is 5.92 Å². The zero-order valence-electron chi connectivity index (χ0n) is 11.1. The molecule has 0 aromatic rings. The summed E-state index contributed by atoms with van der Waals surface area (Å²) in [6.07, 6.45) is 3.48. The summed E-state index contributed by atoms with van der Waals surface area (Å²) in [6.45, 7) is 6.28. The molecule has 0 amide bonds. The Morgan fingerprint density at radius 3 is 2.47 bits per heavy atom. The second-order valence-corrected chi connectivity index (χ2v) is 5.65. The molecule has 0 saturated heterocycles. The molecule has 0 aromatic heterocycles. The summed E-state index contributed by atoms with van der Waals surface area (Å²) in [5.41, 5.74) is -0.543. The topological polar surface area (TPSA) is 61.7 Å². The fourth-order valence-corrected chi connectivity index (χ4v) is 2.18. The third kappa shape index (κ3) is 6.36. The summed E-state index contributed by atoms with van der Waals surface area (Å²) in [4.78, 5) is 0. The van der Waals surface area contributed by atoms with Gasteiger partial charge in [0.15, 0.2) is 0 Å². The average molecular weight is 245 g/mol. The van der Waals surface area contributed by atoms with Crippen LogP contribution in [-0.4, -0.2) is 48.2 Å². The first-order valence-corrected chi connectivity index (χ1v) is 6.71. The minimum atomic E-state index is -0.543. The van der Waals surface area contributed by atoms with Crippen LogP contribution in [0.15, 0.2) is 0 Å². The fraction of sp³-hybridized carbons (Fsp3) is 1.00. The van der Waals surface area contributed by atoms with Crippen LogP contribution in [0.5, 0.6) is 0 Å².